The van der Waals surface area contributed by atoms with Crippen molar-refractivity contribution >= 4 is 11.8 Å². The summed E-state index contributed by atoms with van der Waals surface area (Å²) in [5.41, 5.74) is 0. The summed E-state index contributed by atoms with van der Waals surface area (Å²) in [5.74, 6) is 0.554. The fraction of sp³-hybridized carbons (Fsp3) is 0.545. The normalized spacial score (nSPS) is 20.1. The van der Waals surface area contributed by atoms with E-state index in [2.05, 4.69) is 15.3 Å². The maximum atomic E-state index is 11.8. The Kier molecular flexibility index (Phi) is 3.87. The van der Waals surface area contributed by atoms with Gasteiger partial charge in [0.15, 0.2) is 0 Å². The lowest BCUT2D eigenvalue weighted by molar-refractivity contribution is -0.144. The number of nitrogens with zero attached hydrogens (tertiary/aromatic N) is 3. The number of rotatable bonds is 3. The number of carbonyl (C=O) groups excluding carboxylic acids is 1. The first-order valence-electron chi connectivity index (χ1n) is 5.73. The van der Waals surface area contributed by atoms with Crippen LogP contribution in [0.25, 0.3) is 0 Å². The molecule has 17 heavy (non-hydrogen) atoms. The largest absolute Gasteiger partial charge is 0.464 e. The molecule has 1 fully saturated rings. The average Bonchev–Trinajstić information content (AvgIpc) is 2.40. The Bertz CT molecular complexity index is 371. The Morgan fingerprint density at radius 3 is 3.29 bits per heavy atom. The Labute approximate surface area is 100 Å². The van der Waals surface area contributed by atoms with Gasteiger partial charge in [0, 0.05) is 25.8 Å². The second-order valence-electron chi connectivity index (χ2n) is 3.73. The molecule has 2 rings (SSSR count). The summed E-state index contributed by atoms with van der Waals surface area (Å²) in [6.07, 6.45) is 3.16. The summed E-state index contributed by atoms with van der Waals surface area (Å²) in [4.78, 5) is 21.8. The Balaban J connectivity index is 2.15. The molecule has 0 amide bonds. The molecule has 1 unspecified atom stereocenters. The summed E-state index contributed by atoms with van der Waals surface area (Å²) in [6, 6.07) is 1.50. The number of hydrogen-bond donors (Lipinski definition) is 1. The molecule has 0 bridgehead atoms. The monoisotopic (exact) mass is 236 g/mol. The number of anilines is 1. The standard InChI is InChI=1S/C11H16N4O2/c1-2-17-11(16)9-7-12-5-6-15(9)10-3-4-13-8-14-10/h3-4,8-9,12H,2,5-7H2,1H3. The van der Waals surface area contributed by atoms with Gasteiger partial charge in [-0.3, -0.25) is 0 Å². The highest BCUT2D eigenvalue weighted by atomic mass is 16.5. The van der Waals surface area contributed by atoms with Crippen LogP contribution in [-0.2, 0) is 9.53 Å². The minimum Gasteiger partial charge on any atom is -0.464 e. The molecule has 2 heterocycles. The fourth-order valence-corrected chi connectivity index (χ4v) is 1.88. The van der Waals surface area contributed by atoms with E-state index in [-0.39, 0.29) is 12.0 Å². The van der Waals surface area contributed by atoms with Gasteiger partial charge in [-0.1, -0.05) is 0 Å². The van der Waals surface area contributed by atoms with Crippen LogP contribution in [-0.4, -0.2) is 48.2 Å². The lowest BCUT2D eigenvalue weighted by Crippen LogP contribution is -2.56. The zero-order valence-corrected chi connectivity index (χ0v) is 9.80. The van der Waals surface area contributed by atoms with E-state index in [0.29, 0.717) is 13.2 Å². The lowest BCUT2D eigenvalue weighted by atomic mass is 10.2. The van der Waals surface area contributed by atoms with Crippen molar-refractivity contribution in [3.63, 3.8) is 0 Å². The second kappa shape index (κ2) is 5.58. The zero-order valence-electron chi connectivity index (χ0n) is 9.80. The molecule has 92 valence electrons. The molecule has 0 aromatic carbocycles. The smallest absolute Gasteiger partial charge is 0.330 e. The number of ether oxygens (including phenoxy) is 1. The third-order valence-electron chi connectivity index (χ3n) is 2.66. The van der Waals surface area contributed by atoms with Crippen LogP contribution in [0.2, 0.25) is 0 Å². The highest BCUT2D eigenvalue weighted by molar-refractivity contribution is 5.80. The van der Waals surface area contributed by atoms with Crippen molar-refractivity contribution in [2.75, 3.05) is 31.1 Å². The van der Waals surface area contributed by atoms with Crippen LogP contribution < -0.4 is 10.2 Å². The third-order valence-corrected chi connectivity index (χ3v) is 2.66. The van der Waals surface area contributed by atoms with E-state index in [9.17, 15) is 4.79 Å². The molecule has 1 aliphatic heterocycles. The Morgan fingerprint density at radius 2 is 2.59 bits per heavy atom. The number of aromatic nitrogens is 2. The number of nitrogens with one attached hydrogen (secondary N) is 1. The van der Waals surface area contributed by atoms with Gasteiger partial charge in [-0.2, -0.15) is 0 Å². The minimum atomic E-state index is -0.307. The van der Waals surface area contributed by atoms with Gasteiger partial charge in [-0.15, -0.1) is 0 Å². The van der Waals surface area contributed by atoms with E-state index < -0.39 is 0 Å². The Morgan fingerprint density at radius 1 is 1.71 bits per heavy atom. The molecular formula is C11H16N4O2. The topological polar surface area (TPSA) is 67.3 Å². The van der Waals surface area contributed by atoms with Crippen LogP contribution in [0.3, 0.4) is 0 Å². The van der Waals surface area contributed by atoms with Gasteiger partial charge < -0.3 is 15.0 Å². The molecule has 6 heteroatoms. The summed E-state index contributed by atoms with van der Waals surface area (Å²) < 4.78 is 5.07. The van der Waals surface area contributed by atoms with Gasteiger partial charge in [0.25, 0.3) is 0 Å². The predicted octanol–water partition coefficient (Wildman–Crippen LogP) is -0.182. The van der Waals surface area contributed by atoms with Crippen molar-refractivity contribution in [1.29, 1.82) is 0 Å². The van der Waals surface area contributed by atoms with Gasteiger partial charge >= 0.3 is 5.97 Å². The molecule has 0 radical (unpaired) electrons. The van der Waals surface area contributed by atoms with E-state index in [1.807, 2.05) is 11.8 Å². The number of piperazine rings is 1. The molecule has 1 saturated heterocycles. The van der Waals surface area contributed by atoms with E-state index in [1.54, 1.807) is 12.3 Å². The van der Waals surface area contributed by atoms with Crippen molar-refractivity contribution in [1.82, 2.24) is 15.3 Å². The first kappa shape index (κ1) is 11.8. The predicted molar refractivity (Wildman–Crippen MR) is 62.7 cm³/mol. The highest BCUT2D eigenvalue weighted by Crippen LogP contribution is 2.15. The summed E-state index contributed by atoms with van der Waals surface area (Å²) in [7, 11) is 0. The average molecular weight is 236 g/mol. The van der Waals surface area contributed by atoms with E-state index in [4.69, 9.17) is 4.74 Å². The molecule has 1 aliphatic rings. The van der Waals surface area contributed by atoms with Gasteiger partial charge in [0.1, 0.15) is 18.2 Å². The Hall–Kier alpha value is -1.69. The molecule has 1 atom stereocenters. The number of carbonyl (C=O) groups is 1. The minimum absolute atomic E-state index is 0.210. The molecule has 0 saturated carbocycles. The lowest BCUT2D eigenvalue weighted by Gasteiger charge is -2.35. The van der Waals surface area contributed by atoms with E-state index in [1.165, 1.54) is 6.33 Å². The van der Waals surface area contributed by atoms with Crippen LogP contribution in [0.4, 0.5) is 5.82 Å². The molecule has 1 aromatic rings. The number of esters is 1. The molecule has 0 spiro atoms. The van der Waals surface area contributed by atoms with E-state index in [0.717, 1.165) is 18.9 Å². The van der Waals surface area contributed by atoms with Crippen LogP contribution in [0.5, 0.6) is 0 Å². The number of hydrogen-bond acceptors (Lipinski definition) is 6. The maximum absolute atomic E-state index is 11.8. The highest BCUT2D eigenvalue weighted by Gasteiger charge is 2.30. The first-order chi connectivity index (χ1) is 8.33. The van der Waals surface area contributed by atoms with Gasteiger partial charge in [0.2, 0.25) is 0 Å². The summed E-state index contributed by atoms with van der Waals surface area (Å²) in [5, 5.41) is 3.19. The van der Waals surface area contributed by atoms with Gasteiger partial charge in [-0.05, 0) is 13.0 Å². The van der Waals surface area contributed by atoms with Crippen molar-refractivity contribution in [2.45, 2.75) is 13.0 Å². The molecular weight excluding hydrogens is 220 g/mol. The van der Waals surface area contributed by atoms with Crippen LogP contribution in [0.15, 0.2) is 18.6 Å². The van der Waals surface area contributed by atoms with E-state index >= 15 is 0 Å². The molecule has 6 nitrogen and oxygen atoms in total. The van der Waals surface area contributed by atoms with Crippen molar-refractivity contribution in [3.8, 4) is 0 Å². The van der Waals surface area contributed by atoms with Crippen LogP contribution in [0.1, 0.15) is 6.92 Å². The van der Waals surface area contributed by atoms with Gasteiger partial charge in [-0.25, -0.2) is 14.8 Å². The molecule has 1 aromatic heterocycles. The van der Waals surface area contributed by atoms with Crippen molar-refractivity contribution in [2.24, 2.45) is 0 Å². The second-order valence-corrected chi connectivity index (χ2v) is 3.73. The molecule has 0 aliphatic carbocycles. The van der Waals surface area contributed by atoms with Crippen LogP contribution in [0, 0.1) is 0 Å². The van der Waals surface area contributed by atoms with Gasteiger partial charge in [0.05, 0.1) is 6.61 Å². The SMILES string of the molecule is CCOC(=O)C1CNCCN1c1ccncn1. The maximum Gasteiger partial charge on any atom is 0.330 e. The fourth-order valence-electron chi connectivity index (χ4n) is 1.88. The summed E-state index contributed by atoms with van der Waals surface area (Å²) in [6.45, 7) is 4.36. The van der Waals surface area contributed by atoms with Crippen LogP contribution >= 0.6 is 0 Å². The first-order valence-corrected chi connectivity index (χ1v) is 5.73. The quantitative estimate of drug-likeness (QED) is 0.734. The zero-order chi connectivity index (χ0) is 12.1. The van der Waals surface area contributed by atoms with Crippen molar-refractivity contribution in [3.05, 3.63) is 18.6 Å². The third kappa shape index (κ3) is 2.71. The van der Waals surface area contributed by atoms with Crippen molar-refractivity contribution < 1.29 is 9.53 Å². The summed E-state index contributed by atoms with van der Waals surface area (Å²) >= 11 is 0. The molecule has 1 N–H and O–H groups in total.